The molecule has 1 fully saturated rings. The summed E-state index contributed by atoms with van der Waals surface area (Å²) in [5.74, 6) is -2.96. The molecule has 1 saturated carbocycles. The third kappa shape index (κ3) is 19.0. The Kier molecular flexibility index (Phi) is 21.6. The Labute approximate surface area is 394 Å². The molecular formula is C49H73N9O9. The number of aliphatic carboxylic acids is 1. The van der Waals surface area contributed by atoms with Gasteiger partial charge in [-0.15, -0.1) is 0 Å². The molecule has 2 aromatic carbocycles. The van der Waals surface area contributed by atoms with Crippen LogP contribution < -0.4 is 32.3 Å². The minimum absolute atomic E-state index is 0.00344. The summed E-state index contributed by atoms with van der Waals surface area (Å²) < 4.78 is 5.48. The predicted octanol–water partition coefficient (Wildman–Crippen LogP) is 4.12. The smallest absolute Gasteiger partial charge is 0.408 e. The summed E-state index contributed by atoms with van der Waals surface area (Å²) in [6, 6.07) is 11.3. The number of alkyl carbamates (subject to hydrolysis) is 1. The number of nitrogens with zero attached hydrogens (tertiary/aromatic N) is 2. The fraction of sp³-hybridized carbons (Fsp3) is 0.571. The van der Waals surface area contributed by atoms with Crippen molar-refractivity contribution in [3.8, 4) is 0 Å². The highest BCUT2D eigenvalue weighted by molar-refractivity contribution is 5.92. The van der Waals surface area contributed by atoms with Crippen molar-refractivity contribution in [2.45, 2.75) is 160 Å². The number of carbonyl (C=O) groups is 6. The van der Waals surface area contributed by atoms with Crippen molar-refractivity contribution in [3.63, 3.8) is 0 Å². The van der Waals surface area contributed by atoms with Crippen molar-refractivity contribution in [2.75, 3.05) is 13.1 Å². The molecule has 1 aromatic heterocycles. The Hall–Kier alpha value is -6.01. The van der Waals surface area contributed by atoms with Crippen molar-refractivity contribution in [2.24, 2.45) is 11.7 Å². The second-order valence-corrected chi connectivity index (χ2v) is 18.8. The Morgan fingerprint density at radius 1 is 0.776 bits per heavy atom. The Bertz CT molecular complexity index is 1990. The van der Waals surface area contributed by atoms with Gasteiger partial charge >= 0.3 is 18.1 Å². The van der Waals surface area contributed by atoms with Gasteiger partial charge in [-0.05, 0) is 83.9 Å². The molecule has 10 N–H and O–H groups in total. The second kappa shape index (κ2) is 27.0. The third-order valence-electron chi connectivity index (χ3n) is 11.7. The van der Waals surface area contributed by atoms with Crippen molar-refractivity contribution in [1.82, 2.24) is 41.5 Å². The topological polar surface area (TPSA) is 270 Å². The lowest BCUT2D eigenvalue weighted by Gasteiger charge is -2.36. The molecule has 0 spiro atoms. The van der Waals surface area contributed by atoms with Gasteiger partial charge < -0.3 is 57.2 Å². The van der Waals surface area contributed by atoms with Gasteiger partial charge in [0.25, 0.3) is 0 Å². The van der Waals surface area contributed by atoms with E-state index >= 15 is 0 Å². The number of aliphatic hydroxyl groups is 1. The number of carboxylic acid groups (broad SMARTS) is 1. The molecule has 67 heavy (non-hydrogen) atoms. The van der Waals surface area contributed by atoms with Gasteiger partial charge in [0, 0.05) is 37.2 Å². The number of nitrogens with one attached hydrogen (secondary N) is 6. The number of aromatic nitrogens is 2. The van der Waals surface area contributed by atoms with Crippen LogP contribution in [0.3, 0.4) is 0 Å². The van der Waals surface area contributed by atoms with E-state index in [1.54, 1.807) is 58.9 Å². The molecule has 18 nitrogen and oxygen atoms in total. The van der Waals surface area contributed by atoms with Crippen LogP contribution in [0.25, 0.3) is 0 Å². The van der Waals surface area contributed by atoms with Crippen LogP contribution in [0.2, 0.25) is 0 Å². The molecule has 0 unspecified atom stereocenters. The van der Waals surface area contributed by atoms with Gasteiger partial charge in [-0.25, -0.2) is 19.4 Å². The zero-order valence-corrected chi connectivity index (χ0v) is 39.7. The molecule has 0 saturated heterocycles. The molecule has 18 heteroatoms. The van der Waals surface area contributed by atoms with E-state index in [0.717, 1.165) is 37.7 Å². The number of hydrogen-bond acceptors (Lipinski definition) is 10. The van der Waals surface area contributed by atoms with E-state index < -0.39 is 83.8 Å². The molecule has 0 radical (unpaired) electrons. The number of carbonyl (C=O) groups excluding carboxylic acids is 5. The van der Waals surface area contributed by atoms with Gasteiger partial charge in [0.1, 0.15) is 29.8 Å². The minimum Gasteiger partial charge on any atom is -0.480 e. The molecule has 1 aliphatic carbocycles. The molecule has 368 valence electrons. The molecule has 4 rings (SSSR count). The number of ether oxygens (including phenoxy) is 1. The number of nitrogens with two attached hydrogens (primary N) is 1. The van der Waals surface area contributed by atoms with E-state index in [0.29, 0.717) is 37.1 Å². The summed E-state index contributed by atoms with van der Waals surface area (Å²) in [7, 11) is 0. The summed E-state index contributed by atoms with van der Waals surface area (Å²) in [6.07, 6.45) is 7.50. The summed E-state index contributed by atoms with van der Waals surface area (Å²) in [4.78, 5) is 90.3. The number of urea groups is 1. The summed E-state index contributed by atoms with van der Waals surface area (Å²) in [5.41, 5.74) is 6.93. The van der Waals surface area contributed by atoms with Gasteiger partial charge in [0.15, 0.2) is 0 Å². The molecule has 3 aromatic rings. The number of amides is 6. The number of imidazole rings is 1. The Balaban J connectivity index is 1.56. The molecule has 1 aliphatic rings. The lowest BCUT2D eigenvalue weighted by atomic mass is 9.83. The number of aromatic amines is 1. The molecule has 1 heterocycles. The van der Waals surface area contributed by atoms with Crippen molar-refractivity contribution >= 4 is 35.8 Å². The first kappa shape index (κ1) is 53.6. The van der Waals surface area contributed by atoms with Crippen LogP contribution in [0.5, 0.6) is 0 Å². The van der Waals surface area contributed by atoms with E-state index in [1.807, 2.05) is 36.4 Å². The van der Waals surface area contributed by atoms with E-state index in [9.17, 15) is 39.0 Å². The Morgan fingerprint density at radius 2 is 1.34 bits per heavy atom. The lowest BCUT2D eigenvalue weighted by Crippen LogP contribution is -2.60. The third-order valence-corrected chi connectivity index (χ3v) is 11.7. The fourth-order valence-electron chi connectivity index (χ4n) is 8.16. The number of aliphatic hydroxyl groups excluding tert-OH is 1. The van der Waals surface area contributed by atoms with Gasteiger partial charge in [-0.1, -0.05) is 92.8 Å². The number of unbranched alkanes of at least 4 members (excludes halogenated alkanes) is 1. The summed E-state index contributed by atoms with van der Waals surface area (Å²) in [6.45, 7) is 8.78. The fourth-order valence-corrected chi connectivity index (χ4v) is 8.16. The van der Waals surface area contributed by atoms with Crippen LogP contribution in [0.4, 0.5) is 9.59 Å². The molecule has 0 aliphatic heterocycles. The molecule has 6 amide bonds. The number of H-pyrrole nitrogens is 1. The first-order valence-corrected chi connectivity index (χ1v) is 23.6. The van der Waals surface area contributed by atoms with Gasteiger partial charge in [-0.2, -0.15) is 0 Å². The maximum Gasteiger partial charge on any atom is 0.408 e. The summed E-state index contributed by atoms with van der Waals surface area (Å²) >= 11 is 0. The Morgan fingerprint density at radius 3 is 1.90 bits per heavy atom. The van der Waals surface area contributed by atoms with Crippen LogP contribution in [-0.2, 0) is 43.2 Å². The number of carboxylic acids is 1. The van der Waals surface area contributed by atoms with E-state index in [4.69, 9.17) is 10.5 Å². The predicted molar refractivity (Wildman–Crippen MR) is 253 cm³/mol. The standard InChI is InChI=1S/C49H73N9O9/c1-32(2)58(47(65)56-37(23-15-16-24-50)43(60)55-41(46(63)64)27-35-21-13-8-14-22-35)30-42(59)38(25-33-17-9-6-10-18-33)53-45(62)40(28-36-29-51-31-52-36)54-44(61)39(26-34-19-11-7-12-20-34)57-48(66)67-49(3,4)5/h7-8,11-14,19-22,29,31-33,37-42,59H,6,9-10,15-18,23-28,30,50H2,1-5H3,(H,51,52)(H,53,62)(H,54,61)(H,55,60)(H,56,65)(H,57,66)(H,63,64)/t37-,38-,39-,40-,41-,42-/m0/s1. The normalized spacial score (nSPS) is 15.8. The first-order chi connectivity index (χ1) is 31.9. The number of rotatable bonds is 25. The second-order valence-electron chi connectivity index (χ2n) is 18.8. The average molecular weight is 932 g/mol. The minimum atomic E-state index is -1.30. The number of hydrogen-bond donors (Lipinski definition) is 9. The van der Waals surface area contributed by atoms with Crippen LogP contribution in [0.15, 0.2) is 73.2 Å². The van der Waals surface area contributed by atoms with Crippen molar-refractivity contribution in [1.29, 1.82) is 0 Å². The number of benzene rings is 2. The molecule has 0 bridgehead atoms. The molecular weight excluding hydrogens is 859 g/mol. The van der Waals surface area contributed by atoms with Crippen LogP contribution in [0, 0.1) is 5.92 Å². The highest BCUT2D eigenvalue weighted by Crippen LogP contribution is 2.28. The zero-order chi connectivity index (χ0) is 48.9. The first-order valence-electron chi connectivity index (χ1n) is 23.6. The van der Waals surface area contributed by atoms with Gasteiger partial charge in [0.2, 0.25) is 17.7 Å². The van der Waals surface area contributed by atoms with Crippen LogP contribution in [-0.4, -0.2) is 122 Å². The SMILES string of the molecule is CC(C)N(C[C@H](O)[C@H](CC1CCCCC1)NC(=O)[C@H](Cc1cnc[nH]1)NC(=O)[C@H](Cc1ccccc1)NC(=O)OC(C)(C)C)C(=O)N[C@@H](CCCCN)C(=O)N[C@@H](Cc1ccccc1)C(=O)O. The summed E-state index contributed by atoms with van der Waals surface area (Å²) in [5, 5.41) is 36.1. The zero-order valence-electron chi connectivity index (χ0n) is 39.7. The highest BCUT2D eigenvalue weighted by Gasteiger charge is 2.35. The molecule has 6 atom stereocenters. The van der Waals surface area contributed by atoms with E-state index in [2.05, 4.69) is 36.6 Å². The van der Waals surface area contributed by atoms with Crippen LogP contribution >= 0.6 is 0 Å². The highest BCUT2D eigenvalue weighted by atomic mass is 16.6. The average Bonchev–Trinajstić information content (AvgIpc) is 3.80. The monoisotopic (exact) mass is 932 g/mol. The van der Waals surface area contributed by atoms with Gasteiger partial charge in [0.05, 0.1) is 25.0 Å². The lowest BCUT2D eigenvalue weighted by molar-refractivity contribution is -0.142. The van der Waals surface area contributed by atoms with E-state index in [-0.39, 0.29) is 38.1 Å². The van der Waals surface area contributed by atoms with E-state index in [1.165, 1.54) is 17.4 Å². The van der Waals surface area contributed by atoms with Crippen molar-refractivity contribution < 1.29 is 43.7 Å². The maximum atomic E-state index is 14.5. The van der Waals surface area contributed by atoms with Crippen molar-refractivity contribution in [3.05, 3.63) is 90.0 Å². The maximum absolute atomic E-state index is 14.5. The largest absolute Gasteiger partial charge is 0.480 e. The van der Waals surface area contributed by atoms with Gasteiger partial charge in [-0.3, -0.25) is 14.4 Å². The quantitative estimate of drug-likeness (QED) is 0.0546. The van der Waals surface area contributed by atoms with Crippen LogP contribution in [0.1, 0.15) is 109 Å².